The first kappa shape index (κ1) is 14.1. The van der Waals surface area contributed by atoms with E-state index in [1.165, 1.54) is 0 Å². The second-order valence-electron chi connectivity index (χ2n) is 5.03. The molecule has 1 heterocycles. The van der Waals surface area contributed by atoms with Crippen molar-refractivity contribution in [3.05, 3.63) is 66.4 Å². The van der Waals surface area contributed by atoms with E-state index in [2.05, 4.69) is 10.3 Å². The molecule has 4 nitrogen and oxygen atoms in total. The van der Waals surface area contributed by atoms with E-state index in [0.29, 0.717) is 5.75 Å². The predicted octanol–water partition coefficient (Wildman–Crippen LogP) is 3.56. The Morgan fingerprint density at radius 1 is 1.14 bits per heavy atom. The molecule has 0 aliphatic rings. The Kier molecular flexibility index (Phi) is 4.01. The van der Waals surface area contributed by atoms with E-state index in [9.17, 15) is 4.79 Å². The highest BCUT2D eigenvalue weighted by Crippen LogP contribution is 2.21. The largest absolute Gasteiger partial charge is 0.484 e. The lowest BCUT2D eigenvalue weighted by molar-refractivity contribution is -0.118. The number of fused-ring (bicyclic) bond motifs is 1. The number of aryl methyl sites for hydroxylation is 1. The highest BCUT2D eigenvalue weighted by atomic mass is 16.5. The Hall–Kier alpha value is -2.88. The summed E-state index contributed by atoms with van der Waals surface area (Å²) in [4.78, 5) is 16.3. The summed E-state index contributed by atoms with van der Waals surface area (Å²) in [5, 5.41) is 3.78. The van der Waals surface area contributed by atoms with Gasteiger partial charge in [0.25, 0.3) is 5.91 Å². The van der Waals surface area contributed by atoms with Gasteiger partial charge in [0.15, 0.2) is 6.61 Å². The van der Waals surface area contributed by atoms with E-state index < -0.39 is 0 Å². The van der Waals surface area contributed by atoms with E-state index in [0.717, 1.165) is 22.2 Å². The number of carbonyl (C=O) groups excluding carboxylic acids is 1. The number of carbonyl (C=O) groups is 1. The Bertz CT molecular complexity index is 810. The Labute approximate surface area is 128 Å². The highest BCUT2D eigenvalue weighted by molar-refractivity contribution is 6.01. The van der Waals surface area contributed by atoms with Gasteiger partial charge in [-0.25, -0.2) is 0 Å². The average molecular weight is 292 g/mol. The molecule has 0 aliphatic carbocycles. The van der Waals surface area contributed by atoms with Crippen LogP contribution in [0.1, 0.15) is 5.56 Å². The average Bonchev–Trinajstić information content (AvgIpc) is 2.53. The Balaban J connectivity index is 1.68. The van der Waals surface area contributed by atoms with Crippen molar-refractivity contribution in [2.24, 2.45) is 0 Å². The lowest BCUT2D eigenvalue weighted by Gasteiger charge is -2.09. The number of anilines is 1. The van der Waals surface area contributed by atoms with Crippen LogP contribution in [0, 0.1) is 6.92 Å². The van der Waals surface area contributed by atoms with Gasteiger partial charge >= 0.3 is 0 Å². The van der Waals surface area contributed by atoms with Gasteiger partial charge in [0, 0.05) is 11.6 Å². The van der Waals surface area contributed by atoms with Gasteiger partial charge in [-0.2, -0.15) is 0 Å². The summed E-state index contributed by atoms with van der Waals surface area (Å²) in [7, 11) is 0. The summed E-state index contributed by atoms with van der Waals surface area (Å²) < 4.78 is 5.51. The zero-order valence-electron chi connectivity index (χ0n) is 12.2. The third-order valence-corrected chi connectivity index (χ3v) is 3.28. The lowest BCUT2D eigenvalue weighted by atomic mass is 10.2. The van der Waals surface area contributed by atoms with E-state index in [-0.39, 0.29) is 12.5 Å². The quantitative estimate of drug-likeness (QED) is 0.800. The minimum Gasteiger partial charge on any atom is -0.484 e. The van der Waals surface area contributed by atoms with Crippen LogP contribution < -0.4 is 10.1 Å². The number of pyridine rings is 1. The van der Waals surface area contributed by atoms with Crippen LogP contribution in [0.3, 0.4) is 0 Å². The number of nitrogens with zero attached hydrogens (tertiary/aromatic N) is 1. The summed E-state index contributed by atoms with van der Waals surface area (Å²) in [5.41, 5.74) is 2.68. The molecule has 0 bridgehead atoms. The summed E-state index contributed by atoms with van der Waals surface area (Å²) in [6, 6.07) is 17.0. The molecule has 0 saturated heterocycles. The molecule has 3 aromatic rings. The normalized spacial score (nSPS) is 10.4. The van der Waals surface area contributed by atoms with Gasteiger partial charge < -0.3 is 10.1 Å². The number of benzene rings is 2. The minimum absolute atomic E-state index is 0.0277. The zero-order valence-corrected chi connectivity index (χ0v) is 12.2. The maximum atomic E-state index is 12.1. The molecule has 0 spiro atoms. The molecule has 0 aliphatic heterocycles. The number of amides is 1. The van der Waals surface area contributed by atoms with Crippen molar-refractivity contribution in [3.63, 3.8) is 0 Å². The maximum absolute atomic E-state index is 12.1. The molecule has 0 saturated carbocycles. The third kappa shape index (κ3) is 3.23. The van der Waals surface area contributed by atoms with Crippen LogP contribution in [0.4, 0.5) is 5.69 Å². The van der Waals surface area contributed by atoms with E-state index in [4.69, 9.17) is 4.74 Å². The molecule has 22 heavy (non-hydrogen) atoms. The topological polar surface area (TPSA) is 51.2 Å². The van der Waals surface area contributed by atoms with Gasteiger partial charge in [-0.15, -0.1) is 0 Å². The Morgan fingerprint density at radius 3 is 2.86 bits per heavy atom. The van der Waals surface area contributed by atoms with Crippen LogP contribution in [0.2, 0.25) is 0 Å². The zero-order chi connectivity index (χ0) is 15.4. The van der Waals surface area contributed by atoms with Gasteiger partial charge in [-0.1, -0.05) is 18.2 Å². The second-order valence-corrected chi connectivity index (χ2v) is 5.03. The number of nitrogens with one attached hydrogen (secondary N) is 1. The molecule has 110 valence electrons. The molecule has 0 radical (unpaired) electrons. The number of hydrogen-bond donors (Lipinski definition) is 1. The first-order valence-electron chi connectivity index (χ1n) is 7.05. The van der Waals surface area contributed by atoms with Gasteiger partial charge in [-0.3, -0.25) is 9.78 Å². The molecule has 2 aromatic carbocycles. The third-order valence-electron chi connectivity index (χ3n) is 3.28. The van der Waals surface area contributed by atoms with Crippen molar-refractivity contribution >= 4 is 22.5 Å². The molecule has 1 aromatic heterocycles. The molecule has 0 atom stereocenters. The first-order valence-corrected chi connectivity index (χ1v) is 7.05. The van der Waals surface area contributed by atoms with Gasteiger partial charge in [-0.05, 0) is 48.9 Å². The van der Waals surface area contributed by atoms with Gasteiger partial charge in [0.1, 0.15) is 5.75 Å². The van der Waals surface area contributed by atoms with E-state index in [1.807, 2.05) is 61.5 Å². The maximum Gasteiger partial charge on any atom is 0.262 e. The van der Waals surface area contributed by atoms with Gasteiger partial charge in [0.05, 0.1) is 11.2 Å². The van der Waals surface area contributed by atoms with Crippen molar-refractivity contribution in [3.8, 4) is 5.75 Å². The Morgan fingerprint density at radius 2 is 2.00 bits per heavy atom. The van der Waals surface area contributed by atoms with Crippen molar-refractivity contribution in [2.75, 3.05) is 11.9 Å². The fourth-order valence-corrected chi connectivity index (χ4v) is 2.25. The van der Waals surface area contributed by atoms with Crippen LogP contribution in [0.15, 0.2) is 60.8 Å². The summed E-state index contributed by atoms with van der Waals surface area (Å²) in [6.07, 6.45) is 1.73. The van der Waals surface area contributed by atoms with Crippen LogP contribution in [0.5, 0.6) is 5.75 Å². The first-order chi connectivity index (χ1) is 10.7. The number of ether oxygens (including phenoxy) is 1. The van der Waals surface area contributed by atoms with Crippen LogP contribution in [-0.2, 0) is 4.79 Å². The predicted molar refractivity (Wildman–Crippen MR) is 87.0 cm³/mol. The fourth-order valence-electron chi connectivity index (χ4n) is 2.25. The van der Waals surface area contributed by atoms with Crippen molar-refractivity contribution in [1.29, 1.82) is 0 Å². The lowest BCUT2D eigenvalue weighted by Crippen LogP contribution is -2.20. The minimum atomic E-state index is -0.196. The molecular weight excluding hydrogens is 276 g/mol. The highest BCUT2D eigenvalue weighted by Gasteiger charge is 2.07. The molecule has 1 amide bonds. The van der Waals surface area contributed by atoms with Crippen molar-refractivity contribution in [1.82, 2.24) is 4.98 Å². The summed E-state index contributed by atoms with van der Waals surface area (Å²) in [5.74, 6) is 0.493. The number of aromatic nitrogens is 1. The standard InChI is InChI=1S/C18H16N2O2/c1-13-5-2-6-14(11-13)22-12-18(21)20-17-9-3-8-16-15(17)7-4-10-19-16/h2-11H,12H2,1H3,(H,20,21). The van der Waals surface area contributed by atoms with E-state index >= 15 is 0 Å². The van der Waals surface area contributed by atoms with Crippen LogP contribution in [-0.4, -0.2) is 17.5 Å². The van der Waals surface area contributed by atoms with Crippen molar-refractivity contribution in [2.45, 2.75) is 6.92 Å². The number of hydrogen-bond acceptors (Lipinski definition) is 3. The monoisotopic (exact) mass is 292 g/mol. The second kappa shape index (κ2) is 6.26. The molecule has 0 unspecified atom stereocenters. The molecule has 0 fully saturated rings. The molecular formula is C18H16N2O2. The fraction of sp³-hybridized carbons (Fsp3) is 0.111. The van der Waals surface area contributed by atoms with Gasteiger partial charge in [0.2, 0.25) is 0 Å². The summed E-state index contributed by atoms with van der Waals surface area (Å²) in [6.45, 7) is 1.95. The molecule has 3 rings (SSSR count). The molecule has 1 N–H and O–H groups in total. The number of rotatable bonds is 4. The molecule has 4 heteroatoms. The van der Waals surface area contributed by atoms with Crippen molar-refractivity contribution < 1.29 is 9.53 Å². The van der Waals surface area contributed by atoms with Crippen LogP contribution in [0.25, 0.3) is 10.9 Å². The smallest absolute Gasteiger partial charge is 0.262 e. The SMILES string of the molecule is Cc1cccc(OCC(=O)Nc2cccc3ncccc23)c1. The van der Waals surface area contributed by atoms with E-state index in [1.54, 1.807) is 6.20 Å². The summed E-state index contributed by atoms with van der Waals surface area (Å²) >= 11 is 0. The van der Waals surface area contributed by atoms with Crippen LogP contribution >= 0.6 is 0 Å².